The van der Waals surface area contributed by atoms with Crippen LogP contribution in [0.3, 0.4) is 0 Å². The Morgan fingerprint density at radius 3 is 2.59 bits per heavy atom. The molecule has 0 spiro atoms. The number of fused-ring (bicyclic) bond motifs is 1. The molecule has 0 unspecified atom stereocenters. The summed E-state index contributed by atoms with van der Waals surface area (Å²) in [6, 6.07) is 18.7. The molecule has 2 aromatic heterocycles. The van der Waals surface area contributed by atoms with Crippen LogP contribution in [-0.4, -0.2) is 31.5 Å². The molecule has 158 valence electrons. The number of rotatable bonds is 4. The van der Waals surface area contributed by atoms with E-state index in [-0.39, 0.29) is 5.91 Å². The lowest BCUT2D eigenvalue weighted by atomic mass is 10.1. The average Bonchev–Trinajstić information content (AvgIpc) is 3.34. The van der Waals surface area contributed by atoms with Crippen LogP contribution in [0.2, 0.25) is 0 Å². The van der Waals surface area contributed by atoms with E-state index < -0.39 is 5.63 Å². The largest absolute Gasteiger partial charge is 0.422 e. The zero-order valence-electron chi connectivity index (χ0n) is 17.0. The van der Waals surface area contributed by atoms with Crippen molar-refractivity contribution >= 4 is 51.3 Å². The lowest BCUT2D eigenvalue weighted by Gasteiger charge is -2.09. The minimum Gasteiger partial charge on any atom is -0.422 e. The van der Waals surface area contributed by atoms with Crippen molar-refractivity contribution < 1.29 is 9.21 Å². The number of hydrogen-bond acceptors (Lipinski definition) is 6. The lowest BCUT2D eigenvalue weighted by molar-refractivity contribution is -0.121. The Hall–Kier alpha value is -3.49. The molecule has 1 aliphatic rings. The number of nitrogens with zero attached hydrogens (tertiary/aromatic N) is 3. The molecule has 3 heterocycles. The van der Waals surface area contributed by atoms with Gasteiger partial charge in [0.2, 0.25) is 0 Å². The van der Waals surface area contributed by atoms with Gasteiger partial charge in [-0.25, -0.2) is 9.48 Å². The Labute approximate surface area is 193 Å². The quantitative estimate of drug-likeness (QED) is 0.246. The van der Waals surface area contributed by atoms with Crippen LogP contribution in [0.1, 0.15) is 12.5 Å². The van der Waals surface area contributed by atoms with Gasteiger partial charge in [0.15, 0.2) is 0 Å². The van der Waals surface area contributed by atoms with E-state index in [1.165, 1.54) is 11.8 Å². The number of likely N-dealkylation sites (N-methyl/N-ethyl adjacent to an activating group) is 1. The number of thiocarbonyl (C=S) groups is 1. The van der Waals surface area contributed by atoms with E-state index in [1.54, 1.807) is 34.0 Å². The highest BCUT2D eigenvalue weighted by Crippen LogP contribution is 2.34. The summed E-state index contributed by atoms with van der Waals surface area (Å²) in [7, 11) is 0. The molecule has 0 aliphatic carbocycles. The molecule has 6 nitrogen and oxygen atoms in total. The normalized spacial score (nSPS) is 15.3. The third kappa shape index (κ3) is 3.57. The van der Waals surface area contributed by atoms with Crippen LogP contribution in [0.25, 0.3) is 34.0 Å². The molecule has 4 aromatic rings. The zero-order chi connectivity index (χ0) is 22.2. The molecular formula is C24H17N3O3S2. The van der Waals surface area contributed by atoms with Crippen molar-refractivity contribution in [3.63, 3.8) is 0 Å². The molecular weight excluding hydrogens is 442 g/mol. The molecule has 2 aromatic carbocycles. The highest BCUT2D eigenvalue weighted by atomic mass is 32.2. The Bertz CT molecular complexity index is 1450. The molecule has 0 saturated carbocycles. The van der Waals surface area contributed by atoms with Gasteiger partial charge in [-0.1, -0.05) is 60.4 Å². The predicted molar refractivity (Wildman–Crippen MR) is 131 cm³/mol. The number of para-hydroxylation sites is 2. The van der Waals surface area contributed by atoms with Crippen molar-refractivity contribution in [3.05, 3.63) is 87.7 Å². The molecule has 0 bridgehead atoms. The fourth-order valence-corrected chi connectivity index (χ4v) is 4.93. The van der Waals surface area contributed by atoms with Gasteiger partial charge in [0.05, 0.1) is 16.2 Å². The van der Waals surface area contributed by atoms with Gasteiger partial charge in [-0.05, 0) is 37.3 Å². The minimum absolute atomic E-state index is 0.147. The average molecular weight is 460 g/mol. The number of carbonyl (C=O) groups excluding carboxylic acids is 1. The third-order valence-corrected chi connectivity index (χ3v) is 6.51. The summed E-state index contributed by atoms with van der Waals surface area (Å²) in [6.45, 7) is 2.39. The van der Waals surface area contributed by atoms with Gasteiger partial charge in [-0.2, -0.15) is 5.10 Å². The topological polar surface area (TPSA) is 68.3 Å². The van der Waals surface area contributed by atoms with E-state index in [0.29, 0.717) is 38.2 Å². The van der Waals surface area contributed by atoms with Crippen LogP contribution in [0.4, 0.5) is 0 Å². The van der Waals surface area contributed by atoms with E-state index >= 15 is 0 Å². The number of benzene rings is 2. The molecule has 32 heavy (non-hydrogen) atoms. The number of aromatic nitrogens is 2. The molecule has 1 amide bonds. The van der Waals surface area contributed by atoms with Crippen molar-refractivity contribution in [1.29, 1.82) is 0 Å². The Morgan fingerprint density at radius 2 is 1.84 bits per heavy atom. The second kappa shape index (κ2) is 8.22. The number of amides is 1. The van der Waals surface area contributed by atoms with Crippen LogP contribution >= 0.6 is 24.0 Å². The molecule has 1 saturated heterocycles. The van der Waals surface area contributed by atoms with Crippen molar-refractivity contribution in [2.45, 2.75) is 6.92 Å². The van der Waals surface area contributed by atoms with Gasteiger partial charge in [0.1, 0.15) is 15.6 Å². The molecule has 0 radical (unpaired) electrons. The van der Waals surface area contributed by atoms with Crippen LogP contribution in [0, 0.1) is 0 Å². The minimum atomic E-state index is -0.488. The Kier molecular flexibility index (Phi) is 5.24. The zero-order valence-corrected chi connectivity index (χ0v) is 18.7. The van der Waals surface area contributed by atoms with Gasteiger partial charge in [0, 0.05) is 23.7 Å². The molecule has 0 N–H and O–H groups in total. The summed E-state index contributed by atoms with van der Waals surface area (Å²) in [6.07, 6.45) is 3.54. The highest BCUT2D eigenvalue weighted by molar-refractivity contribution is 8.26. The maximum atomic E-state index is 12.8. The molecule has 1 aliphatic heterocycles. The van der Waals surface area contributed by atoms with Gasteiger partial charge in [0.25, 0.3) is 5.91 Å². The van der Waals surface area contributed by atoms with Crippen molar-refractivity contribution in [2.75, 3.05) is 6.54 Å². The summed E-state index contributed by atoms with van der Waals surface area (Å²) < 4.78 is 7.74. The van der Waals surface area contributed by atoms with Gasteiger partial charge < -0.3 is 4.42 Å². The van der Waals surface area contributed by atoms with E-state index in [9.17, 15) is 9.59 Å². The SMILES string of the molecule is CCN1C(=O)C(=Cc2cn(-c3ccccc3)nc2-c2cc3ccccc3oc2=O)SC1=S. The van der Waals surface area contributed by atoms with Crippen LogP contribution in [0.5, 0.6) is 0 Å². The van der Waals surface area contributed by atoms with E-state index in [0.717, 1.165) is 11.1 Å². The first-order valence-electron chi connectivity index (χ1n) is 9.99. The van der Waals surface area contributed by atoms with Gasteiger partial charge in [-0.15, -0.1) is 0 Å². The van der Waals surface area contributed by atoms with Crippen molar-refractivity contribution in [2.24, 2.45) is 0 Å². The highest BCUT2D eigenvalue weighted by Gasteiger charge is 2.31. The first-order valence-corrected chi connectivity index (χ1v) is 11.2. The summed E-state index contributed by atoms with van der Waals surface area (Å²) in [5.41, 5.74) is 2.25. The summed E-state index contributed by atoms with van der Waals surface area (Å²) in [4.78, 5) is 27.7. The molecule has 0 atom stereocenters. The standard InChI is InChI=1S/C24H17N3O3S2/c1-2-26-22(28)20(32-24(26)31)13-16-14-27(17-9-4-3-5-10-17)25-21(16)18-12-15-8-6-7-11-19(15)30-23(18)29/h3-14H,2H2,1H3. The van der Waals surface area contributed by atoms with Crippen LogP contribution in [0.15, 0.2) is 81.0 Å². The third-order valence-electron chi connectivity index (χ3n) is 5.14. The Balaban J connectivity index is 1.70. The monoisotopic (exact) mass is 459 g/mol. The number of thioether (sulfide) groups is 1. The van der Waals surface area contributed by atoms with E-state index in [4.69, 9.17) is 16.6 Å². The van der Waals surface area contributed by atoms with Gasteiger partial charge in [-0.3, -0.25) is 9.69 Å². The van der Waals surface area contributed by atoms with Crippen molar-refractivity contribution in [1.82, 2.24) is 14.7 Å². The number of hydrogen-bond donors (Lipinski definition) is 0. The summed E-state index contributed by atoms with van der Waals surface area (Å²) >= 11 is 6.58. The molecule has 1 fully saturated rings. The first kappa shape index (κ1) is 20.4. The lowest BCUT2D eigenvalue weighted by Crippen LogP contribution is -2.27. The smallest absolute Gasteiger partial charge is 0.345 e. The molecule has 5 rings (SSSR count). The Morgan fingerprint density at radius 1 is 1.09 bits per heavy atom. The van der Waals surface area contributed by atoms with E-state index in [1.807, 2.05) is 55.5 Å². The fraction of sp³-hybridized carbons (Fsp3) is 0.0833. The molecule has 8 heteroatoms. The maximum absolute atomic E-state index is 12.8. The fourth-order valence-electron chi connectivity index (χ4n) is 3.56. The van der Waals surface area contributed by atoms with Crippen LogP contribution < -0.4 is 5.63 Å². The van der Waals surface area contributed by atoms with E-state index in [2.05, 4.69) is 5.10 Å². The maximum Gasteiger partial charge on any atom is 0.345 e. The number of carbonyl (C=O) groups is 1. The van der Waals surface area contributed by atoms with Gasteiger partial charge >= 0.3 is 5.63 Å². The van der Waals surface area contributed by atoms with Crippen molar-refractivity contribution in [3.8, 4) is 16.9 Å². The summed E-state index contributed by atoms with van der Waals surface area (Å²) in [5.74, 6) is -0.147. The predicted octanol–water partition coefficient (Wildman–Crippen LogP) is 4.87. The summed E-state index contributed by atoms with van der Waals surface area (Å²) in [5, 5.41) is 5.48. The second-order valence-corrected chi connectivity index (χ2v) is 8.80. The van der Waals surface area contributed by atoms with Crippen LogP contribution in [-0.2, 0) is 4.79 Å². The second-order valence-electron chi connectivity index (χ2n) is 7.12. The first-order chi connectivity index (χ1) is 15.5.